The Balaban J connectivity index is 2.25. The van der Waals surface area contributed by atoms with Crippen LogP contribution in [0.5, 0.6) is 0 Å². The quantitative estimate of drug-likeness (QED) is 0.779. The van der Waals surface area contributed by atoms with Crippen LogP contribution in [-0.4, -0.2) is 32.6 Å². The molecule has 2 heterocycles. The zero-order valence-electron chi connectivity index (χ0n) is 9.64. The highest BCUT2D eigenvalue weighted by molar-refractivity contribution is 6.27. The summed E-state index contributed by atoms with van der Waals surface area (Å²) >= 11 is 5.57. The van der Waals surface area contributed by atoms with Gasteiger partial charge in [0.15, 0.2) is 0 Å². The van der Waals surface area contributed by atoms with Crippen molar-refractivity contribution in [1.29, 1.82) is 0 Å². The molecule has 0 fully saturated rings. The van der Waals surface area contributed by atoms with Gasteiger partial charge < -0.3 is 9.30 Å². The van der Waals surface area contributed by atoms with E-state index in [1.807, 2.05) is 35.7 Å². The van der Waals surface area contributed by atoms with Crippen molar-refractivity contribution in [3.63, 3.8) is 0 Å². The monoisotopic (exact) mass is 251 g/mol. The van der Waals surface area contributed by atoms with Crippen molar-refractivity contribution in [2.75, 3.05) is 12.4 Å². The Bertz CT molecular complexity index is 523. The molecule has 0 atom stereocenters. The molecule has 0 spiro atoms. The Morgan fingerprint density at radius 2 is 2.35 bits per heavy atom. The van der Waals surface area contributed by atoms with Crippen molar-refractivity contribution < 1.29 is 4.79 Å². The maximum atomic E-state index is 11.6. The molecule has 2 aromatic heterocycles. The fourth-order valence-corrected chi connectivity index (χ4v) is 1.93. The van der Waals surface area contributed by atoms with E-state index in [0.29, 0.717) is 13.1 Å². The van der Waals surface area contributed by atoms with Gasteiger partial charge in [-0.15, -0.1) is 11.6 Å². The fourth-order valence-electron chi connectivity index (χ4n) is 1.76. The van der Waals surface area contributed by atoms with E-state index >= 15 is 0 Å². The lowest BCUT2D eigenvalue weighted by molar-refractivity contribution is -0.128. The number of aromatic nitrogens is 2. The highest BCUT2D eigenvalue weighted by Gasteiger charge is 2.12. The molecule has 0 unspecified atom stereocenters. The smallest absolute Gasteiger partial charge is 0.237 e. The Kier molecular flexibility index (Phi) is 3.64. The fraction of sp³-hybridized carbons (Fsp3) is 0.333. The van der Waals surface area contributed by atoms with E-state index in [9.17, 15) is 4.79 Å². The Labute approximate surface area is 105 Å². The number of imidazole rings is 1. The van der Waals surface area contributed by atoms with Crippen LogP contribution in [-0.2, 0) is 11.3 Å². The molecule has 0 aromatic carbocycles. The number of hydrogen-bond donors (Lipinski definition) is 0. The molecule has 4 nitrogen and oxygen atoms in total. The summed E-state index contributed by atoms with van der Waals surface area (Å²) in [7, 11) is 0. The molecule has 0 saturated carbocycles. The number of amides is 1. The minimum Gasteiger partial charge on any atom is -0.336 e. The summed E-state index contributed by atoms with van der Waals surface area (Å²) in [5.74, 6) is -0.0371. The molecule has 0 radical (unpaired) electrons. The van der Waals surface area contributed by atoms with Crippen LogP contribution in [0.2, 0.25) is 0 Å². The SMILES string of the molecule is CCN(Cc1cnc2ccccn12)C(=O)CCl. The van der Waals surface area contributed by atoms with Gasteiger partial charge in [0.2, 0.25) is 5.91 Å². The summed E-state index contributed by atoms with van der Waals surface area (Å²) in [4.78, 5) is 17.6. The van der Waals surface area contributed by atoms with Gasteiger partial charge in [-0.3, -0.25) is 4.79 Å². The first-order chi connectivity index (χ1) is 8.26. The van der Waals surface area contributed by atoms with E-state index in [0.717, 1.165) is 11.3 Å². The molecule has 2 aromatic rings. The average molecular weight is 252 g/mol. The van der Waals surface area contributed by atoms with Gasteiger partial charge in [0.05, 0.1) is 18.4 Å². The summed E-state index contributed by atoms with van der Waals surface area (Å²) in [6, 6.07) is 5.81. The predicted octanol–water partition coefficient (Wildman–Crippen LogP) is 1.92. The maximum absolute atomic E-state index is 11.6. The van der Waals surface area contributed by atoms with Gasteiger partial charge in [0.25, 0.3) is 0 Å². The first-order valence-corrected chi connectivity index (χ1v) is 6.04. The van der Waals surface area contributed by atoms with Crippen LogP contribution in [0.1, 0.15) is 12.6 Å². The number of alkyl halides is 1. The van der Waals surface area contributed by atoms with E-state index in [1.165, 1.54) is 0 Å². The van der Waals surface area contributed by atoms with Gasteiger partial charge in [0.1, 0.15) is 11.5 Å². The van der Waals surface area contributed by atoms with Crippen molar-refractivity contribution in [2.45, 2.75) is 13.5 Å². The third-order valence-corrected chi connectivity index (χ3v) is 2.92. The van der Waals surface area contributed by atoms with E-state index in [2.05, 4.69) is 4.98 Å². The summed E-state index contributed by atoms with van der Waals surface area (Å²) < 4.78 is 1.98. The molecule has 0 saturated heterocycles. The molecular formula is C12H14ClN3O. The molecule has 0 aliphatic rings. The zero-order valence-corrected chi connectivity index (χ0v) is 10.4. The number of carbonyl (C=O) groups is 1. The standard InChI is InChI=1S/C12H14ClN3O/c1-2-15(12(17)7-13)9-10-8-14-11-5-3-4-6-16(10)11/h3-6,8H,2,7,9H2,1H3. The number of hydrogen-bond acceptors (Lipinski definition) is 2. The Morgan fingerprint density at radius 1 is 1.53 bits per heavy atom. The average Bonchev–Trinajstić information content (AvgIpc) is 2.78. The lowest BCUT2D eigenvalue weighted by Crippen LogP contribution is -2.31. The second-order valence-corrected chi connectivity index (χ2v) is 3.99. The van der Waals surface area contributed by atoms with Gasteiger partial charge in [-0.1, -0.05) is 6.07 Å². The minimum atomic E-state index is -0.0555. The lowest BCUT2D eigenvalue weighted by atomic mass is 10.4. The van der Waals surface area contributed by atoms with Crippen LogP contribution in [0, 0.1) is 0 Å². The first kappa shape index (κ1) is 11.9. The van der Waals surface area contributed by atoms with Crippen LogP contribution < -0.4 is 0 Å². The highest BCUT2D eigenvalue weighted by Crippen LogP contribution is 2.09. The molecule has 0 N–H and O–H groups in total. The van der Waals surface area contributed by atoms with Gasteiger partial charge >= 0.3 is 0 Å². The predicted molar refractivity (Wildman–Crippen MR) is 67.0 cm³/mol. The van der Waals surface area contributed by atoms with Crippen LogP contribution in [0.3, 0.4) is 0 Å². The first-order valence-electron chi connectivity index (χ1n) is 5.51. The third kappa shape index (κ3) is 2.42. The number of halogens is 1. The Hall–Kier alpha value is -1.55. The molecular weight excluding hydrogens is 238 g/mol. The van der Waals surface area contributed by atoms with Crippen molar-refractivity contribution in [3.05, 3.63) is 36.3 Å². The van der Waals surface area contributed by atoms with E-state index < -0.39 is 0 Å². The maximum Gasteiger partial charge on any atom is 0.237 e. The molecule has 0 aliphatic carbocycles. The van der Waals surface area contributed by atoms with Crippen molar-refractivity contribution in [2.24, 2.45) is 0 Å². The van der Waals surface area contributed by atoms with Crippen LogP contribution in [0.25, 0.3) is 5.65 Å². The molecule has 0 aliphatic heterocycles. The summed E-state index contributed by atoms with van der Waals surface area (Å²) in [6.45, 7) is 3.12. The van der Waals surface area contributed by atoms with Gasteiger partial charge in [-0.25, -0.2) is 4.98 Å². The van der Waals surface area contributed by atoms with Crippen LogP contribution in [0.4, 0.5) is 0 Å². The van der Waals surface area contributed by atoms with Gasteiger partial charge in [-0.05, 0) is 19.1 Å². The molecule has 1 amide bonds. The minimum absolute atomic E-state index is 0.0184. The molecule has 17 heavy (non-hydrogen) atoms. The second kappa shape index (κ2) is 5.19. The van der Waals surface area contributed by atoms with Crippen molar-refractivity contribution in [3.8, 4) is 0 Å². The summed E-state index contributed by atoms with van der Waals surface area (Å²) in [6.07, 6.45) is 3.73. The van der Waals surface area contributed by atoms with Crippen molar-refractivity contribution in [1.82, 2.24) is 14.3 Å². The van der Waals surface area contributed by atoms with E-state index in [1.54, 1.807) is 11.1 Å². The van der Waals surface area contributed by atoms with Crippen LogP contribution >= 0.6 is 11.6 Å². The molecule has 90 valence electrons. The van der Waals surface area contributed by atoms with E-state index in [4.69, 9.17) is 11.6 Å². The van der Waals surface area contributed by atoms with Gasteiger partial charge in [-0.2, -0.15) is 0 Å². The zero-order chi connectivity index (χ0) is 12.3. The highest BCUT2D eigenvalue weighted by atomic mass is 35.5. The second-order valence-electron chi connectivity index (χ2n) is 3.72. The number of fused-ring (bicyclic) bond motifs is 1. The number of pyridine rings is 1. The lowest BCUT2D eigenvalue weighted by Gasteiger charge is -2.19. The molecule has 5 heteroatoms. The number of carbonyl (C=O) groups excluding carboxylic acids is 1. The topological polar surface area (TPSA) is 37.6 Å². The Morgan fingerprint density at radius 3 is 3.06 bits per heavy atom. The summed E-state index contributed by atoms with van der Waals surface area (Å²) in [5, 5.41) is 0. The van der Waals surface area contributed by atoms with E-state index in [-0.39, 0.29) is 11.8 Å². The number of nitrogens with zero attached hydrogens (tertiary/aromatic N) is 3. The van der Waals surface area contributed by atoms with Crippen LogP contribution in [0.15, 0.2) is 30.6 Å². The summed E-state index contributed by atoms with van der Waals surface area (Å²) in [5.41, 5.74) is 1.87. The normalized spacial score (nSPS) is 10.7. The number of rotatable bonds is 4. The third-order valence-electron chi connectivity index (χ3n) is 2.70. The molecule has 2 rings (SSSR count). The largest absolute Gasteiger partial charge is 0.336 e. The molecule has 0 bridgehead atoms. The van der Waals surface area contributed by atoms with Crippen molar-refractivity contribution >= 4 is 23.2 Å². The van der Waals surface area contributed by atoms with Gasteiger partial charge in [0, 0.05) is 12.7 Å².